The zero-order valence-corrected chi connectivity index (χ0v) is 12.3. The van der Waals surface area contributed by atoms with Crippen LogP contribution >= 0.6 is 24.8 Å². The van der Waals surface area contributed by atoms with E-state index >= 15 is 0 Å². The molecule has 3 rings (SSSR count). The van der Waals surface area contributed by atoms with Crippen molar-refractivity contribution >= 4 is 24.8 Å². The van der Waals surface area contributed by atoms with Gasteiger partial charge in [0.25, 0.3) is 0 Å². The highest BCUT2D eigenvalue weighted by Gasteiger charge is 2.47. The average molecular weight is 281 g/mol. The summed E-state index contributed by atoms with van der Waals surface area (Å²) in [6.45, 7) is 3.90. The highest BCUT2D eigenvalue weighted by Crippen LogP contribution is 2.41. The Hall–Kier alpha value is 0.500. The molecule has 17 heavy (non-hydrogen) atoms. The molecule has 0 aromatic rings. The summed E-state index contributed by atoms with van der Waals surface area (Å²) in [6, 6.07) is 0.937. The predicted octanol–water partition coefficient (Wildman–Crippen LogP) is 2.99. The van der Waals surface area contributed by atoms with Crippen molar-refractivity contribution in [1.82, 2.24) is 10.2 Å². The highest BCUT2D eigenvalue weighted by molar-refractivity contribution is 5.85. The Bertz CT molecular complexity index is 223. The Morgan fingerprint density at radius 3 is 2.24 bits per heavy atom. The molecule has 0 bridgehead atoms. The second kappa shape index (κ2) is 6.60. The molecule has 1 N–H and O–H groups in total. The van der Waals surface area contributed by atoms with Gasteiger partial charge in [-0.2, -0.15) is 0 Å². The van der Waals surface area contributed by atoms with Gasteiger partial charge in [0.05, 0.1) is 0 Å². The third-order valence-electron chi connectivity index (χ3n) is 4.89. The van der Waals surface area contributed by atoms with E-state index in [-0.39, 0.29) is 24.8 Å². The Labute approximate surface area is 118 Å². The van der Waals surface area contributed by atoms with Crippen LogP contribution in [-0.4, -0.2) is 36.1 Å². The molecular weight excluding hydrogens is 255 g/mol. The van der Waals surface area contributed by atoms with E-state index in [9.17, 15) is 0 Å². The van der Waals surface area contributed by atoms with Gasteiger partial charge in [0.2, 0.25) is 0 Å². The number of likely N-dealkylation sites (tertiary alicyclic amines) is 1. The first-order chi connectivity index (χ1) is 7.41. The van der Waals surface area contributed by atoms with Crippen molar-refractivity contribution in [3.63, 3.8) is 0 Å². The zero-order chi connectivity index (χ0) is 10.1. The lowest BCUT2D eigenvalue weighted by Crippen LogP contribution is -2.69. The number of hydrogen-bond acceptors (Lipinski definition) is 2. The van der Waals surface area contributed by atoms with Gasteiger partial charge in [-0.15, -0.1) is 24.8 Å². The first kappa shape index (κ1) is 15.6. The second-order valence-electron chi connectivity index (χ2n) is 5.74. The van der Waals surface area contributed by atoms with Gasteiger partial charge >= 0.3 is 0 Å². The number of hydrogen-bond donors (Lipinski definition) is 1. The number of piperidine rings is 1. The van der Waals surface area contributed by atoms with Crippen LogP contribution in [0.4, 0.5) is 0 Å². The van der Waals surface area contributed by atoms with E-state index in [1.54, 1.807) is 0 Å². The fraction of sp³-hybridized carbons (Fsp3) is 1.00. The molecule has 4 heteroatoms. The highest BCUT2D eigenvalue weighted by atomic mass is 35.5. The molecule has 0 amide bonds. The molecule has 0 aromatic carbocycles. The van der Waals surface area contributed by atoms with Crippen LogP contribution in [0.3, 0.4) is 0 Å². The van der Waals surface area contributed by atoms with E-state index in [1.807, 2.05) is 0 Å². The molecule has 3 aliphatic rings. The number of nitrogens with one attached hydrogen (secondary N) is 1. The molecule has 2 heterocycles. The summed E-state index contributed by atoms with van der Waals surface area (Å²) in [5.41, 5.74) is 0.597. The topological polar surface area (TPSA) is 15.3 Å². The molecule has 102 valence electrons. The van der Waals surface area contributed by atoms with E-state index in [0.717, 1.165) is 6.04 Å². The van der Waals surface area contributed by atoms with Crippen molar-refractivity contribution in [3.8, 4) is 0 Å². The van der Waals surface area contributed by atoms with E-state index < -0.39 is 0 Å². The molecule has 1 atom stereocenters. The van der Waals surface area contributed by atoms with Gasteiger partial charge in [0.1, 0.15) is 0 Å². The molecule has 2 saturated heterocycles. The van der Waals surface area contributed by atoms with Gasteiger partial charge in [-0.3, -0.25) is 4.90 Å². The van der Waals surface area contributed by atoms with E-state index in [2.05, 4.69) is 10.2 Å². The van der Waals surface area contributed by atoms with Crippen molar-refractivity contribution in [3.05, 3.63) is 0 Å². The maximum absolute atomic E-state index is 3.60. The van der Waals surface area contributed by atoms with Crippen LogP contribution in [0.2, 0.25) is 0 Å². The molecule has 0 radical (unpaired) electrons. The largest absolute Gasteiger partial charge is 0.315 e. The van der Waals surface area contributed by atoms with E-state index in [0.29, 0.717) is 5.54 Å². The first-order valence-corrected chi connectivity index (χ1v) is 6.88. The van der Waals surface area contributed by atoms with Crippen LogP contribution in [0.25, 0.3) is 0 Å². The second-order valence-corrected chi connectivity index (χ2v) is 5.74. The predicted molar refractivity (Wildman–Crippen MR) is 77.5 cm³/mol. The third-order valence-corrected chi connectivity index (χ3v) is 4.89. The lowest BCUT2D eigenvalue weighted by atomic mass is 9.75. The number of nitrogens with zero attached hydrogens (tertiary/aromatic N) is 1. The summed E-state index contributed by atoms with van der Waals surface area (Å²) in [6.07, 6.45) is 11.7. The van der Waals surface area contributed by atoms with Crippen LogP contribution in [0.5, 0.6) is 0 Å². The van der Waals surface area contributed by atoms with Gasteiger partial charge in [-0.05, 0) is 38.6 Å². The zero-order valence-electron chi connectivity index (χ0n) is 10.6. The molecule has 1 unspecified atom stereocenters. The van der Waals surface area contributed by atoms with Crippen LogP contribution < -0.4 is 5.32 Å². The number of halogens is 2. The summed E-state index contributed by atoms with van der Waals surface area (Å²) in [7, 11) is 0. The minimum Gasteiger partial charge on any atom is -0.315 e. The molecule has 0 aromatic heterocycles. The molecule has 1 spiro atoms. The van der Waals surface area contributed by atoms with Gasteiger partial charge in [0, 0.05) is 24.7 Å². The lowest BCUT2D eigenvalue weighted by Gasteiger charge is -2.59. The van der Waals surface area contributed by atoms with Gasteiger partial charge in [-0.1, -0.05) is 19.3 Å². The molecule has 2 aliphatic heterocycles. The molecule has 1 aliphatic carbocycles. The SMILES string of the molecule is C1CCC(N2CCC23CCCNC3)CC1.Cl.Cl. The first-order valence-electron chi connectivity index (χ1n) is 6.88. The lowest BCUT2D eigenvalue weighted by molar-refractivity contribution is -0.0734. The fourth-order valence-corrected chi connectivity index (χ4v) is 3.93. The van der Waals surface area contributed by atoms with Crippen molar-refractivity contribution in [1.29, 1.82) is 0 Å². The maximum Gasteiger partial charge on any atom is 0.0349 e. The van der Waals surface area contributed by atoms with Crippen molar-refractivity contribution in [2.24, 2.45) is 0 Å². The van der Waals surface area contributed by atoms with Crippen molar-refractivity contribution < 1.29 is 0 Å². The third kappa shape index (κ3) is 2.91. The van der Waals surface area contributed by atoms with Crippen LogP contribution in [0, 0.1) is 0 Å². The molecule has 2 nitrogen and oxygen atoms in total. The van der Waals surface area contributed by atoms with Crippen molar-refractivity contribution in [2.75, 3.05) is 19.6 Å². The summed E-state index contributed by atoms with van der Waals surface area (Å²) in [5, 5.41) is 3.60. The molecular formula is C13H26Cl2N2. The smallest absolute Gasteiger partial charge is 0.0349 e. The Morgan fingerprint density at radius 2 is 1.71 bits per heavy atom. The standard InChI is InChI=1S/C13H24N2.2ClH/c1-2-5-12(6-3-1)15-10-8-13(15)7-4-9-14-11-13;;/h12,14H,1-11H2;2*1H. The van der Waals surface area contributed by atoms with Gasteiger partial charge in [-0.25, -0.2) is 0 Å². The van der Waals surface area contributed by atoms with Gasteiger partial charge in [0.15, 0.2) is 0 Å². The average Bonchev–Trinajstić information content (AvgIpc) is 2.30. The number of rotatable bonds is 1. The summed E-state index contributed by atoms with van der Waals surface area (Å²) in [4.78, 5) is 2.86. The summed E-state index contributed by atoms with van der Waals surface area (Å²) >= 11 is 0. The minimum atomic E-state index is 0. The van der Waals surface area contributed by atoms with Crippen LogP contribution in [0.1, 0.15) is 51.4 Å². The Balaban J connectivity index is 0.000000722. The summed E-state index contributed by atoms with van der Waals surface area (Å²) in [5.74, 6) is 0. The monoisotopic (exact) mass is 280 g/mol. The Kier molecular flexibility index (Phi) is 6.04. The van der Waals surface area contributed by atoms with Gasteiger partial charge < -0.3 is 5.32 Å². The van der Waals surface area contributed by atoms with Crippen molar-refractivity contribution in [2.45, 2.75) is 62.9 Å². The van der Waals surface area contributed by atoms with E-state index in [4.69, 9.17) is 0 Å². The quantitative estimate of drug-likeness (QED) is 0.795. The maximum atomic E-state index is 3.60. The van der Waals surface area contributed by atoms with Crippen LogP contribution in [0.15, 0.2) is 0 Å². The minimum absolute atomic E-state index is 0. The van der Waals surface area contributed by atoms with Crippen LogP contribution in [-0.2, 0) is 0 Å². The Morgan fingerprint density at radius 1 is 0.941 bits per heavy atom. The molecule has 1 saturated carbocycles. The fourth-order valence-electron chi connectivity index (χ4n) is 3.93. The summed E-state index contributed by atoms with van der Waals surface area (Å²) < 4.78 is 0. The van der Waals surface area contributed by atoms with E-state index in [1.165, 1.54) is 71.0 Å². The molecule has 3 fully saturated rings. The normalized spacial score (nSPS) is 34.6.